The first-order valence-corrected chi connectivity index (χ1v) is 11.0. The first-order valence-electron chi connectivity index (χ1n) is 10.2. The van der Waals surface area contributed by atoms with Crippen LogP contribution >= 0.6 is 11.3 Å². The van der Waals surface area contributed by atoms with E-state index in [-0.39, 0.29) is 0 Å². The summed E-state index contributed by atoms with van der Waals surface area (Å²) in [5, 5.41) is 2.13. The summed E-state index contributed by atoms with van der Waals surface area (Å²) in [6.45, 7) is 0.979. The summed E-state index contributed by atoms with van der Waals surface area (Å²) in [4.78, 5) is 1.31. The van der Waals surface area contributed by atoms with Crippen LogP contribution < -0.4 is 4.57 Å². The van der Waals surface area contributed by atoms with Gasteiger partial charge in [-0.1, -0.05) is 12.1 Å². The molecule has 1 nitrogen and oxygen atoms in total. The first kappa shape index (κ1) is 16.5. The monoisotopic (exact) mass is 362 g/mol. The third-order valence-electron chi connectivity index (χ3n) is 6.80. The molecule has 0 unspecified atom stereocenters. The van der Waals surface area contributed by atoms with Gasteiger partial charge in [0.25, 0.3) is 0 Å². The Hall–Kier alpha value is -1.67. The van der Waals surface area contributed by atoms with Gasteiger partial charge in [-0.25, -0.2) is 0 Å². The Morgan fingerprint density at radius 1 is 0.962 bits per heavy atom. The molecule has 0 atom stereocenters. The van der Waals surface area contributed by atoms with Crippen LogP contribution in [0.25, 0.3) is 12.2 Å². The third kappa shape index (κ3) is 3.32. The number of allylic oxidation sites excluding steroid dienone is 2. The number of aromatic nitrogens is 1. The second-order valence-corrected chi connectivity index (χ2v) is 9.79. The van der Waals surface area contributed by atoms with E-state index in [2.05, 4.69) is 70.8 Å². The molecular formula is C24H28NS+. The van der Waals surface area contributed by atoms with Crippen LogP contribution in [0.5, 0.6) is 0 Å². The molecule has 6 rings (SSSR count). The van der Waals surface area contributed by atoms with Crippen molar-refractivity contribution in [3.05, 3.63) is 64.6 Å². The maximum atomic E-state index is 2.62. The molecule has 4 aliphatic carbocycles. The molecule has 2 aromatic rings. The highest BCUT2D eigenvalue weighted by molar-refractivity contribution is 7.10. The van der Waals surface area contributed by atoms with Crippen LogP contribution in [-0.4, -0.2) is 0 Å². The molecular weight excluding hydrogens is 334 g/mol. The van der Waals surface area contributed by atoms with Crippen LogP contribution in [0.1, 0.15) is 49.1 Å². The van der Waals surface area contributed by atoms with Crippen molar-refractivity contribution in [2.24, 2.45) is 23.2 Å². The summed E-state index contributed by atoms with van der Waals surface area (Å²) in [7, 11) is 0. The summed E-state index contributed by atoms with van der Waals surface area (Å²) in [5.41, 5.74) is 1.81. The van der Waals surface area contributed by atoms with Crippen molar-refractivity contribution in [2.75, 3.05) is 0 Å². The van der Waals surface area contributed by atoms with Crippen molar-refractivity contribution in [3.63, 3.8) is 0 Å². The highest BCUT2D eigenvalue weighted by atomic mass is 32.1. The summed E-state index contributed by atoms with van der Waals surface area (Å²) < 4.78 is 2.36. The second kappa shape index (κ2) is 6.81. The molecule has 0 saturated heterocycles. The van der Waals surface area contributed by atoms with E-state index in [0.29, 0.717) is 5.41 Å². The van der Waals surface area contributed by atoms with Crippen molar-refractivity contribution in [1.82, 2.24) is 0 Å². The molecule has 2 heteroatoms. The van der Waals surface area contributed by atoms with Crippen LogP contribution in [0.4, 0.5) is 0 Å². The number of rotatable bonds is 5. The average molecular weight is 363 g/mol. The second-order valence-electron chi connectivity index (χ2n) is 8.81. The maximum absolute atomic E-state index is 2.62. The highest BCUT2D eigenvalue weighted by Gasteiger charge is 2.49. The van der Waals surface area contributed by atoms with E-state index in [1.54, 1.807) is 11.3 Å². The third-order valence-corrected chi connectivity index (χ3v) is 7.63. The van der Waals surface area contributed by atoms with Gasteiger partial charge in [0.05, 0.1) is 0 Å². The fourth-order valence-electron chi connectivity index (χ4n) is 6.16. The molecule has 0 aliphatic heterocycles. The molecule has 26 heavy (non-hydrogen) atoms. The van der Waals surface area contributed by atoms with Crippen molar-refractivity contribution in [1.29, 1.82) is 0 Å². The minimum Gasteiger partial charge on any atom is -0.195 e. The lowest BCUT2D eigenvalue weighted by atomic mass is 9.49. The number of hydrogen-bond donors (Lipinski definition) is 0. The van der Waals surface area contributed by atoms with Gasteiger partial charge in [0.2, 0.25) is 5.69 Å². The smallest absolute Gasteiger partial charge is 0.195 e. The molecule has 0 aromatic carbocycles. The predicted molar refractivity (Wildman–Crippen MR) is 110 cm³/mol. The van der Waals surface area contributed by atoms with E-state index in [1.807, 2.05) is 0 Å². The summed E-state index contributed by atoms with van der Waals surface area (Å²) >= 11 is 1.79. The molecule has 4 bridgehead atoms. The summed E-state index contributed by atoms with van der Waals surface area (Å²) in [5.74, 6) is 3.08. The molecule has 4 aliphatic rings. The standard InChI is InChI=1S/C24H28NS/c1-2-10-25(22(5-1)7-8-23-6-3-12-26-23)11-4-9-24-16-19-13-20(17-24)15-21(14-19)18-24/h1-10,12,19-21H,11,13-18H2/q+1/b8-7+,9-4+. The lowest BCUT2D eigenvalue weighted by molar-refractivity contribution is -0.688. The van der Waals surface area contributed by atoms with Crippen molar-refractivity contribution >= 4 is 23.5 Å². The summed E-state index contributed by atoms with van der Waals surface area (Å²) in [6, 6.07) is 10.8. The van der Waals surface area contributed by atoms with Crippen molar-refractivity contribution in [2.45, 2.75) is 45.1 Å². The lowest BCUT2D eigenvalue weighted by Crippen LogP contribution is -2.45. The zero-order chi connectivity index (χ0) is 17.4. The Morgan fingerprint density at radius 2 is 1.73 bits per heavy atom. The predicted octanol–water partition coefficient (Wildman–Crippen LogP) is 5.98. The average Bonchev–Trinajstić information content (AvgIpc) is 3.13. The van der Waals surface area contributed by atoms with Gasteiger partial charge in [-0.15, -0.1) is 11.3 Å². The first-order chi connectivity index (χ1) is 12.8. The Balaban J connectivity index is 1.31. The highest BCUT2D eigenvalue weighted by Crippen LogP contribution is 2.60. The normalized spacial score (nSPS) is 32.8. The van der Waals surface area contributed by atoms with E-state index >= 15 is 0 Å². The van der Waals surface area contributed by atoms with E-state index in [1.165, 1.54) is 49.1 Å². The van der Waals surface area contributed by atoms with Crippen molar-refractivity contribution in [3.8, 4) is 0 Å². The van der Waals surface area contributed by atoms with Gasteiger partial charge >= 0.3 is 0 Å². The Kier molecular flexibility index (Phi) is 4.32. The van der Waals surface area contributed by atoms with Gasteiger partial charge in [-0.05, 0) is 91.4 Å². The molecule has 4 fully saturated rings. The maximum Gasteiger partial charge on any atom is 0.205 e. The SMILES string of the molecule is C(=C\C12CC3CC(CC(C3)C1)C2)/C[n+]1ccccc1/C=C/c1cccs1. The molecule has 134 valence electrons. The number of pyridine rings is 1. The number of nitrogens with zero attached hydrogens (tertiary/aromatic N) is 1. The molecule has 4 saturated carbocycles. The zero-order valence-corrected chi connectivity index (χ0v) is 16.2. The molecule has 0 amide bonds. The fourth-order valence-corrected chi connectivity index (χ4v) is 6.78. The lowest BCUT2D eigenvalue weighted by Gasteiger charge is -2.55. The zero-order valence-electron chi connectivity index (χ0n) is 15.4. The quantitative estimate of drug-likeness (QED) is 0.455. The van der Waals surface area contributed by atoms with Crippen LogP contribution in [0.2, 0.25) is 0 Å². The van der Waals surface area contributed by atoms with Gasteiger partial charge in [-0.2, -0.15) is 4.57 Å². The van der Waals surface area contributed by atoms with Crippen LogP contribution in [0, 0.1) is 23.2 Å². The Labute approximate surface area is 161 Å². The molecule has 2 heterocycles. The van der Waals surface area contributed by atoms with Crippen LogP contribution in [0.15, 0.2) is 54.1 Å². The van der Waals surface area contributed by atoms with E-state index in [4.69, 9.17) is 0 Å². The Bertz CT molecular complexity index is 779. The largest absolute Gasteiger partial charge is 0.205 e. The van der Waals surface area contributed by atoms with Gasteiger partial charge < -0.3 is 0 Å². The van der Waals surface area contributed by atoms with E-state index in [0.717, 1.165) is 24.3 Å². The van der Waals surface area contributed by atoms with Gasteiger partial charge in [0.15, 0.2) is 12.7 Å². The molecule has 0 N–H and O–H groups in total. The minimum absolute atomic E-state index is 0.539. The fraction of sp³-hybridized carbons (Fsp3) is 0.458. The van der Waals surface area contributed by atoms with Gasteiger partial charge in [0.1, 0.15) is 0 Å². The van der Waals surface area contributed by atoms with Gasteiger partial charge in [-0.3, -0.25) is 0 Å². The van der Waals surface area contributed by atoms with E-state index < -0.39 is 0 Å². The van der Waals surface area contributed by atoms with E-state index in [9.17, 15) is 0 Å². The number of thiophene rings is 1. The van der Waals surface area contributed by atoms with Crippen LogP contribution in [0.3, 0.4) is 0 Å². The molecule has 0 radical (unpaired) electrons. The van der Waals surface area contributed by atoms with Crippen molar-refractivity contribution < 1.29 is 4.57 Å². The molecule has 2 aromatic heterocycles. The number of hydrogen-bond acceptors (Lipinski definition) is 1. The topological polar surface area (TPSA) is 3.88 Å². The minimum atomic E-state index is 0.539. The van der Waals surface area contributed by atoms with Crippen LogP contribution in [-0.2, 0) is 6.54 Å². The van der Waals surface area contributed by atoms with Gasteiger partial charge in [0, 0.05) is 23.1 Å². The Morgan fingerprint density at radius 3 is 2.42 bits per heavy atom. The summed E-state index contributed by atoms with van der Waals surface area (Å²) in [6.07, 6.45) is 20.7. The molecule has 0 spiro atoms.